The smallest absolute Gasteiger partial charge is 0.338 e. The Morgan fingerprint density at radius 2 is 2.00 bits per heavy atom. The van der Waals surface area contributed by atoms with Gasteiger partial charge in [0.1, 0.15) is 5.82 Å². The van der Waals surface area contributed by atoms with E-state index in [9.17, 15) is 14.0 Å². The van der Waals surface area contributed by atoms with Crippen molar-refractivity contribution < 1.29 is 19.1 Å². The molecule has 1 saturated heterocycles. The fraction of sp³-hybridized carbons (Fsp3) is 0.385. The van der Waals surface area contributed by atoms with E-state index in [1.165, 1.54) is 6.07 Å². The van der Waals surface area contributed by atoms with E-state index < -0.39 is 23.4 Å². The van der Waals surface area contributed by atoms with Crippen LogP contribution in [0.5, 0.6) is 0 Å². The number of benzene rings is 1. The Kier molecular flexibility index (Phi) is 4.84. The summed E-state index contributed by atoms with van der Waals surface area (Å²) in [6, 6.07) is 3.23. The first-order valence-electron chi connectivity index (χ1n) is 6.24. The first kappa shape index (κ1) is 14.6. The van der Waals surface area contributed by atoms with Gasteiger partial charge in [0.15, 0.2) is 0 Å². The Labute approximate surface area is 119 Å². The Morgan fingerprint density at radius 1 is 1.30 bits per heavy atom. The van der Waals surface area contributed by atoms with E-state index in [-0.39, 0.29) is 11.7 Å². The summed E-state index contributed by atoms with van der Waals surface area (Å²) in [5.41, 5.74) is -0.185. The number of carboxylic acid groups (broad SMARTS) is 1. The Bertz CT molecular complexity index is 518. The summed E-state index contributed by atoms with van der Waals surface area (Å²) >= 11 is 1.86. The van der Waals surface area contributed by atoms with Gasteiger partial charge in [-0.15, -0.1) is 0 Å². The van der Waals surface area contributed by atoms with Crippen molar-refractivity contribution in [2.24, 2.45) is 0 Å². The lowest BCUT2D eigenvalue weighted by molar-refractivity contribution is 0.0692. The van der Waals surface area contributed by atoms with Crippen LogP contribution in [0.25, 0.3) is 0 Å². The summed E-state index contributed by atoms with van der Waals surface area (Å²) in [6.07, 6.45) is 1.84. The second-order valence-electron chi connectivity index (χ2n) is 4.48. The molecule has 2 rings (SSSR count). The highest BCUT2D eigenvalue weighted by atomic mass is 32.2. The van der Waals surface area contributed by atoms with E-state index in [0.717, 1.165) is 36.5 Å². The molecule has 3 N–H and O–H groups in total. The maximum Gasteiger partial charge on any atom is 0.338 e. The van der Waals surface area contributed by atoms with Crippen molar-refractivity contribution in [3.8, 4) is 0 Å². The van der Waals surface area contributed by atoms with Gasteiger partial charge < -0.3 is 15.7 Å². The zero-order chi connectivity index (χ0) is 14.5. The predicted octanol–water partition coefficient (Wildman–Crippen LogP) is 2.54. The van der Waals surface area contributed by atoms with Crippen molar-refractivity contribution in [3.63, 3.8) is 0 Å². The number of carboxylic acids is 1. The molecule has 0 bridgehead atoms. The predicted molar refractivity (Wildman–Crippen MR) is 75.9 cm³/mol. The normalized spacial score (nSPS) is 15.7. The van der Waals surface area contributed by atoms with Crippen LogP contribution in [-0.4, -0.2) is 34.7 Å². The molecule has 0 unspecified atom stereocenters. The quantitative estimate of drug-likeness (QED) is 0.801. The second-order valence-corrected chi connectivity index (χ2v) is 5.71. The minimum atomic E-state index is -1.33. The zero-order valence-electron chi connectivity index (χ0n) is 10.7. The maximum absolute atomic E-state index is 13.5. The summed E-state index contributed by atoms with van der Waals surface area (Å²) in [6.45, 7) is 0. The Balaban J connectivity index is 1.93. The molecule has 5 nitrogen and oxygen atoms in total. The molecule has 20 heavy (non-hydrogen) atoms. The van der Waals surface area contributed by atoms with Crippen LogP contribution in [0.2, 0.25) is 0 Å². The minimum Gasteiger partial charge on any atom is -0.478 e. The molecule has 108 valence electrons. The van der Waals surface area contributed by atoms with E-state index in [2.05, 4.69) is 10.6 Å². The molecule has 1 heterocycles. The van der Waals surface area contributed by atoms with Gasteiger partial charge >= 0.3 is 12.0 Å². The number of nitrogens with one attached hydrogen (secondary N) is 2. The maximum atomic E-state index is 13.5. The van der Waals surface area contributed by atoms with E-state index in [4.69, 9.17) is 5.11 Å². The third-order valence-corrected chi connectivity index (χ3v) is 4.06. The largest absolute Gasteiger partial charge is 0.478 e. The van der Waals surface area contributed by atoms with Gasteiger partial charge in [-0.05, 0) is 42.5 Å². The molecule has 1 aromatic rings. The molecular formula is C13H15FN2O3S. The van der Waals surface area contributed by atoms with Crippen LogP contribution in [0.1, 0.15) is 23.2 Å². The number of hydrogen-bond donors (Lipinski definition) is 3. The van der Waals surface area contributed by atoms with E-state index in [1.807, 2.05) is 11.8 Å². The number of carbonyl (C=O) groups is 2. The van der Waals surface area contributed by atoms with E-state index in [1.54, 1.807) is 0 Å². The summed E-state index contributed by atoms with van der Waals surface area (Å²) in [5.74, 6) is -0.165. The third-order valence-electron chi connectivity index (χ3n) is 3.01. The highest BCUT2D eigenvalue weighted by molar-refractivity contribution is 7.99. The number of anilines is 1. The highest BCUT2D eigenvalue weighted by Gasteiger charge is 2.16. The van der Waals surface area contributed by atoms with E-state index >= 15 is 0 Å². The SMILES string of the molecule is O=C(Nc1ccc(C(=O)O)c(F)c1)NC1CCSCC1. The number of urea groups is 1. The molecule has 1 aliphatic rings. The van der Waals surface area contributed by atoms with Crippen molar-refractivity contribution in [3.05, 3.63) is 29.6 Å². The van der Waals surface area contributed by atoms with Gasteiger partial charge in [-0.3, -0.25) is 0 Å². The van der Waals surface area contributed by atoms with Crippen LogP contribution in [-0.2, 0) is 0 Å². The summed E-state index contributed by atoms with van der Waals surface area (Å²) in [7, 11) is 0. The van der Waals surface area contributed by atoms with Gasteiger partial charge in [0.2, 0.25) is 0 Å². The molecule has 2 amide bonds. The van der Waals surface area contributed by atoms with E-state index in [0.29, 0.717) is 0 Å². The number of amides is 2. The summed E-state index contributed by atoms with van der Waals surface area (Å²) < 4.78 is 13.5. The zero-order valence-corrected chi connectivity index (χ0v) is 11.5. The average Bonchev–Trinajstić information content (AvgIpc) is 2.39. The van der Waals surface area contributed by atoms with Gasteiger partial charge in [-0.25, -0.2) is 14.0 Å². The number of halogens is 1. The fourth-order valence-electron chi connectivity index (χ4n) is 1.96. The van der Waals surface area contributed by atoms with Gasteiger partial charge in [0.05, 0.1) is 5.56 Å². The first-order valence-corrected chi connectivity index (χ1v) is 7.40. The van der Waals surface area contributed by atoms with Gasteiger partial charge in [-0.2, -0.15) is 11.8 Å². The highest BCUT2D eigenvalue weighted by Crippen LogP contribution is 2.18. The van der Waals surface area contributed by atoms with Crippen LogP contribution < -0.4 is 10.6 Å². The summed E-state index contributed by atoms with van der Waals surface area (Å²) in [4.78, 5) is 22.4. The van der Waals surface area contributed by atoms with Crippen molar-refractivity contribution in [1.82, 2.24) is 5.32 Å². The monoisotopic (exact) mass is 298 g/mol. The lowest BCUT2D eigenvalue weighted by atomic mass is 10.1. The lowest BCUT2D eigenvalue weighted by Gasteiger charge is -2.22. The molecule has 0 radical (unpaired) electrons. The molecule has 0 aliphatic carbocycles. The first-order chi connectivity index (χ1) is 9.56. The third kappa shape index (κ3) is 3.86. The van der Waals surface area contributed by atoms with Crippen molar-refractivity contribution >= 4 is 29.4 Å². The topological polar surface area (TPSA) is 78.4 Å². The molecule has 1 fully saturated rings. The number of rotatable bonds is 3. The number of aromatic carboxylic acids is 1. The summed E-state index contributed by atoms with van der Waals surface area (Å²) in [5, 5.41) is 14.0. The van der Waals surface area contributed by atoms with Crippen LogP contribution in [0.3, 0.4) is 0 Å². The second kappa shape index (κ2) is 6.60. The standard InChI is InChI=1S/C13H15FN2O3S/c14-11-7-9(1-2-10(11)12(17)18)16-13(19)15-8-3-5-20-6-4-8/h1-2,7-8H,3-6H2,(H,17,18)(H2,15,16,19). The molecule has 1 aromatic carbocycles. The van der Waals surface area contributed by atoms with Crippen LogP contribution in [0, 0.1) is 5.82 Å². The minimum absolute atomic E-state index is 0.138. The molecule has 0 aromatic heterocycles. The number of carbonyl (C=O) groups excluding carboxylic acids is 1. The number of thioether (sulfide) groups is 1. The van der Waals surface area contributed by atoms with Gasteiger partial charge in [-0.1, -0.05) is 0 Å². The molecule has 0 saturated carbocycles. The van der Waals surface area contributed by atoms with Crippen molar-refractivity contribution in [2.45, 2.75) is 18.9 Å². The molecule has 0 spiro atoms. The Hall–Kier alpha value is -1.76. The van der Waals surface area contributed by atoms with Crippen molar-refractivity contribution in [1.29, 1.82) is 0 Å². The van der Waals surface area contributed by atoms with Crippen LogP contribution >= 0.6 is 11.8 Å². The molecule has 1 aliphatic heterocycles. The fourth-order valence-corrected chi connectivity index (χ4v) is 3.07. The van der Waals surface area contributed by atoms with Crippen molar-refractivity contribution in [2.75, 3.05) is 16.8 Å². The average molecular weight is 298 g/mol. The van der Waals surface area contributed by atoms with Gasteiger partial charge in [0.25, 0.3) is 0 Å². The molecule has 0 atom stereocenters. The lowest BCUT2D eigenvalue weighted by Crippen LogP contribution is -2.40. The van der Waals surface area contributed by atoms with Crippen LogP contribution in [0.4, 0.5) is 14.9 Å². The van der Waals surface area contributed by atoms with Crippen LogP contribution in [0.15, 0.2) is 18.2 Å². The molecule has 7 heteroatoms. The molecular weight excluding hydrogens is 283 g/mol. The number of hydrogen-bond acceptors (Lipinski definition) is 3. The Morgan fingerprint density at radius 3 is 2.60 bits per heavy atom. The van der Waals surface area contributed by atoms with Gasteiger partial charge in [0, 0.05) is 11.7 Å².